The molecule has 144 valence electrons. The van der Waals surface area contributed by atoms with Gasteiger partial charge in [-0.15, -0.1) is 24.8 Å². The molecule has 1 atom stereocenters. The molecule has 1 heterocycles. The summed E-state index contributed by atoms with van der Waals surface area (Å²) >= 11 is 0. The second-order valence-electron chi connectivity index (χ2n) is 6.49. The molecule has 1 aromatic carbocycles. The lowest BCUT2D eigenvalue weighted by Gasteiger charge is -2.22. The summed E-state index contributed by atoms with van der Waals surface area (Å²) in [6.07, 6.45) is -0.434. The molecule has 1 fully saturated rings. The molecule has 0 aliphatic carbocycles. The molecule has 0 radical (unpaired) electrons. The zero-order valence-corrected chi connectivity index (χ0v) is 16.4. The Kier molecular flexibility index (Phi) is 9.87. The number of benzene rings is 1. The standard InChI is InChI=1S/C17H25F2N3O.2ClH/c1-12(2)22(3)10-14-7-5-4-6-13(14)9-20-16(23)15-8-17(18,19)11-21-15;;/h4-7,12,15,21H,8-11H2,1-3H3,(H,20,23);2*1H. The zero-order chi connectivity index (χ0) is 17.0. The van der Waals surface area contributed by atoms with E-state index in [0.717, 1.165) is 17.7 Å². The average Bonchev–Trinajstić information content (AvgIpc) is 2.86. The van der Waals surface area contributed by atoms with Crippen molar-refractivity contribution in [1.29, 1.82) is 0 Å². The van der Waals surface area contributed by atoms with Crippen LogP contribution < -0.4 is 10.6 Å². The van der Waals surface area contributed by atoms with Crippen LogP contribution in [0.4, 0.5) is 8.78 Å². The Morgan fingerprint density at radius 2 is 1.92 bits per heavy atom. The third kappa shape index (κ3) is 7.05. The Bertz CT molecular complexity index is 558. The van der Waals surface area contributed by atoms with Crippen molar-refractivity contribution in [1.82, 2.24) is 15.5 Å². The highest BCUT2D eigenvalue weighted by Gasteiger charge is 2.42. The van der Waals surface area contributed by atoms with Gasteiger partial charge in [-0.2, -0.15) is 0 Å². The fourth-order valence-corrected chi connectivity index (χ4v) is 2.54. The van der Waals surface area contributed by atoms with Gasteiger partial charge in [-0.25, -0.2) is 8.78 Å². The molecule has 0 spiro atoms. The van der Waals surface area contributed by atoms with E-state index in [0.29, 0.717) is 12.6 Å². The van der Waals surface area contributed by atoms with E-state index in [-0.39, 0.29) is 30.7 Å². The van der Waals surface area contributed by atoms with E-state index in [4.69, 9.17) is 0 Å². The summed E-state index contributed by atoms with van der Waals surface area (Å²) in [7, 11) is 2.05. The minimum atomic E-state index is -2.79. The molecular formula is C17H27Cl2F2N3O. The SMILES string of the molecule is CC(C)N(C)Cc1ccccc1CNC(=O)C1CC(F)(F)CN1.Cl.Cl. The van der Waals surface area contributed by atoms with Gasteiger partial charge in [0, 0.05) is 25.6 Å². The third-order valence-corrected chi connectivity index (χ3v) is 4.30. The molecule has 1 aromatic rings. The maximum Gasteiger partial charge on any atom is 0.262 e. The number of rotatable bonds is 6. The number of carbonyl (C=O) groups is 1. The van der Waals surface area contributed by atoms with Gasteiger partial charge in [0.2, 0.25) is 5.91 Å². The van der Waals surface area contributed by atoms with Gasteiger partial charge < -0.3 is 5.32 Å². The van der Waals surface area contributed by atoms with Crippen LogP contribution in [0.2, 0.25) is 0 Å². The Morgan fingerprint density at radius 1 is 1.32 bits per heavy atom. The number of alkyl halides is 2. The number of hydrogen-bond donors (Lipinski definition) is 2. The van der Waals surface area contributed by atoms with Crippen molar-refractivity contribution in [2.45, 2.75) is 51.4 Å². The van der Waals surface area contributed by atoms with E-state index in [9.17, 15) is 13.6 Å². The van der Waals surface area contributed by atoms with E-state index < -0.39 is 24.9 Å². The average molecular weight is 398 g/mol. The molecule has 0 saturated carbocycles. The number of hydrogen-bond acceptors (Lipinski definition) is 3. The maximum atomic E-state index is 13.2. The highest BCUT2D eigenvalue weighted by molar-refractivity contribution is 5.85. The van der Waals surface area contributed by atoms with E-state index in [1.807, 2.05) is 31.3 Å². The predicted molar refractivity (Wildman–Crippen MR) is 101 cm³/mol. The van der Waals surface area contributed by atoms with Crippen molar-refractivity contribution in [3.8, 4) is 0 Å². The first-order valence-corrected chi connectivity index (χ1v) is 7.94. The van der Waals surface area contributed by atoms with Gasteiger partial charge in [-0.05, 0) is 32.0 Å². The largest absolute Gasteiger partial charge is 0.351 e. The molecular weight excluding hydrogens is 371 g/mol. The molecule has 1 unspecified atom stereocenters. The van der Waals surface area contributed by atoms with Crippen molar-refractivity contribution in [2.24, 2.45) is 0 Å². The Labute approximate surface area is 160 Å². The van der Waals surface area contributed by atoms with Crippen LogP contribution >= 0.6 is 24.8 Å². The van der Waals surface area contributed by atoms with E-state index in [2.05, 4.69) is 29.4 Å². The molecule has 1 amide bonds. The van der Waals surface area contributed by atoms with E-state index in [1.54, 1.807) is 0 Å². The van der Waals surface area contributed by atoms with Crippen LogP contribution in [0.5, 0.6) is 0 Å². The molecule has 25 heavy (non-hydrogen) atoms. The first-order valence-electron chi connectivity index (χ1n) is 7.94. The first-order chi connectivity index (χ1) is 10.8. The lowest BCUT2D eigenvalue weighted by atomic mass is 10.1. The third-order valence-electron chi connectivity index (χ3n) is 4.30. The minimum Gasteiger partial charge on any atom is -0.351 e. The molecule has 1 saturated heterocycles. The number of halogens is 4. The van der Waals surface area contributed by atoms with Crippen LogP contribution in [0.3, 0.4) is 0 Å². The summed E-state index contributed by atoms with van der Waals surface area (Å²) in [5.74, 6) is -3.16. The number of amides is 1. The molecule has 0 bridgehead atoms. The van der Waals surface area contributed by atoms with Crippen LogP contribution in [0.25, 0.3) is 0 Å². The molecule has 2 rings (SSSR count). The van der Waals surface area contributed by atoms with Gasteiger partial charge in [0.05, 0.1) is 12.6 Å². The number of carbonyl (C=O) groups excluding carboxylic acids is 1. The summed E-state index contributed by atoms with van der Waals surface area (Å²) in [4.78, 5) is 14.2. The van der Waals surface area contributed by atoms with Crippen molar-refractivity contribution in [3.63, 3.8) is 0 Å². The van der Waals surface area contributed by atoms with Gasteiger partial charge in [0.25, 0.3) is 5.92 Å². The minimum absolute atomic E-state index is 0. The van der Waals surface area contributed by atoms with Crippen LogP contribution in [0.1, 0.15) is 31.4 Å². The Morgan fingerprint density at radius 3 is 2.44 bits per heavy atom. The summed E-state index contributed by atoms with van der Waals surface area (Å²) in [6, 6.07) is 7.48. The number of nitrogens with zero attached hydrogens (tertiary/aromatic N) is 1. The van der Waals surface area contributed by atoms with Gasteiger partial charge in [0.15, 0.2) is 0 Å². The van der Waals surface area contributed by atoms with E-state index in [1.165, 1.54) is 0 Å². The topological polar surface area (TPSA) is 44.4 Å². The van der Waals surface area contributed by atoms with Gasteiger partial charge in [-0.1, -0.05) is 24.3 Å². The summed E-state index contributed by atoms with van der Waals surface area (Å²) in [5.41, 5.74) is 2.15. The predicted octanol–water partition coefficient (Wildman–Crippen LogP) is 2.98. The highest BCUT2D eigenvalue weighted by atomic mass is 35.5. The van der Waals surface area contributed by atoms with Crippen molar-refractivity contribution in [3.05, 3.63) is 35.4 Å². The second kappa shape index (κ2) is 10.3. The zero-order valence-electron chi connectivity index (χ0n) is 14.7. The summed E-state index contributed by atoms with van der Waals surface area (Å²) in [5, 5.41) is 5.34. The molecule has 1 aliphatic rings. The van der Waals surface area contributed by atoms with Gasteiger partial charge >= 0.3 is 0 Å². The first kappa shape index (κ1) is 24.1. The van der Waals surface area contributed by atoms with Crippen molar-refractivity contribution >= 4 is 30.7 Å². The molecule has 8 heteroatoms. The summed E-state index contributed by atoms with van der Waals surface area (Å²) in [6.45, 7) is 4.95. The number of nitrogens with one attached hydrogen (secondary N) is 2. The second-order valence-corrected chi connectivity index (χ2v) is 6.49. The lowest BCUT2D eigenvalue weighted by Crippen LogP contribution is -2.40. The fourth-order valence-electron chi connectivity index (χ4n) is 2.54. The monoisotopic (exact) mass is 397 g/mol. The van der Waals surface area contributed by atoms with Crippen LogP contribution in [0, 0.1) is 0 Å². The Hall–Kier alpha value is -0.950. The normalized spacial score (nSPS) is 18.6. The molecule has 2 N–H and O–H groups in total. The van der Waals surface area contributed by atoms with E-state index >= 15 is 0 Å². The van der Waals surface area contributed by atoms with Crippen LogP contribution in [0.15, 0.2) is 24.3 Å². The molecule has 1 aliphatic heterocycles. The quantitative estimate of drug-likeness (QED) is 0.775. The summed E-state index contributed by atoms with van der Waals surface area (Å²) < 4.78 is 26.3. The van der Waals surface area contributed by atoms with Crippen LogP contribution in [-0.4, -0.2) is 42.4 Å². The maximum absolute atomic E-state index is 13.2. The van der Waals surface area contributed by atoms with Crippen molar-refractivity contribution in [2.75, 3.05) is 13.6 Å². The smallest absolute Gasteiger partial charge is 0.262 e. The highest BCUT2D eigenvalue weighted by Crippen LogP contribution is 2.25. The van der Waals surface area contributed by atoms with Crippen LogP contribution in [-0.2, 0) is 17.9 Å². The van der Waals surface area contributed by atoms with Crippen molar-refractivity contribution < 1.29 is 13.6 Å². The van der Waals surface area contributed by atoms with Gasteiger partial charge in [0.1, 0.15) is 0 Å². The lowest BCUT2D eigenvalue weighted by molar-refractivity contribution is -0.123. The van der Waals surface area contributed by atoms with Gasteiger partial charge in [-0.3, -0.25) is 15.0 Å². The Balaban J connectivity index is 0.00000288. The molecule has 0 aromatic heterocycles. The fraction of sp³-hybridized carbons (Fsp3) is 0.588. The molecule has 4 nitrogen and oxygen atoms in total.